The molecule has 0 aromatic carbocycles. The molecule has 1 atom stereocenters. The molecule has 0 aliphatic carbocycles. The number of rotatable bonds is 5. The van der Waals surface area contributed by atoms with Crippen LogP contribution >= 0.6 is 11.3 Å². The topological polar surface area (TPSA) is 37.4 Å². The fraction of sp³-hybridized carbons (Fsp3) is 0.786. The number of nitrogens with zero attached hydrogens (tertiary/aromatic N) is 2. The fourth-order valence-corrected chi connectivity index (χ4v) is 3.61. The third-order valence-corrected chi connectivity index (χ3v) is 4.52. The van der Waals surface area contributed by atoms with E-state index in [1.807, 2.05) is 11.3 Å². The van der Waals surface area contributed by atoms with Crippen LogP contribution < -0.4 is 10.2 Å². The molecule has 0 saturated carbocycles. The first kappa shape index (κ1) is 14.8. The van der Waals surface area contributed by atoms with Gasteiger partial charge in [0.2, 0.25) is 0 Å². The van der Waals surface area contributed by atoms with Crippen molar-refractivity contribution in [1.82, 2.24) is 10.3 Å². The van der Waals surface area contributed by atoms with Crippen LogP contribution in [0.1, 0.15) is 44.2 Å². The highest BCUT2D eigenvalue weighted by Crippen LogP contribution is 2.32. The molecule has 108 valence electrons. The molecule has 2 rings (SSSR count). The number of anilines is 1. The zero-order valence-electron chi connectivity index (χ0n) is 12.4. The second-order valence-electron chi connectivity index (χ2n) is 5.36. The van der Waals surface area contributed by atoms with Crippen LogP contribution in [-0.2, 0) is 11.3 Å². The molecule has 1 saturated heterocycles. The van der Waals surface area contributed by atoms with Crippen molar-refractivity contribution >= 4 is 16.5 Å². The van der Waals surface area contributed by atoms with Crippen molar-refractivity contribution in [3.8, 4) is 0 Å². The molecule has 19 heavy (non-hydrogen) atoms. The highest BCUT2D eigenvalue weighted by Gasteiger charge is 2.24. The molecule has 5 heteroatoms. The van der Waals surface area contributed by atoms with Crippen LogP contribution in [0.15, 0.2) is 0 Å². The van der Waals surface area contributed by atoms with E-state index in [0.717, 1.165) is 38.0 Å². The molecule has 1 aromatic rings. The van der Waals surface area contributed by atoms with Crippen molar-refractivity contribution in [2.75, 3.05) is 31.2 Å². The average Bonchev–Trinajstić information content (AvgIpc) is 2.81. The van der Waals surface area contributed by atoms with Crippen LogP contribution in [0.25, 0.3) is 0 Å². The lowest BCUT2D eigenvalue weighted by Gasteiger charge is -2.32. The molecule has 1 aromatic heterocycles. The van der Waals surface area contributed by atoms with Crippen molar-refractivity contribution in [3.63, 3.8) is 0 Å². The molecular formula is C14H25N3OS. The standard InChI is InChI=1S/C14H25N3OS/c1-5-15-8-12-13(10(2)3)16-14(19-12)17-6-7-18-9-11(17)4/h10-11,15H,5-9H2,1-4H3. The van der Waals surface area contributed by atoms with Crippen LogP contribution in [0.5, 0.6) is 0 Å². The minimum absolute atomic E-state index is 0.423. The second-order valence-corrected chi connectivity index (χ2v) is 6.42. The van der Waals surface area contributed by atoms with Gasteiger partial charge in [-0.2, -0.15) is 0 Å². The average molecular weight is 283 g/mol. The zero-order valence-corrected chi connectivity index (χ0v) is 13.2. The Kier molecular flexibility index (Phi) is 5.19. The number of hydrogen-bond donors (Lipinski definition) is 1. The van der Waals surface area contributed by atoms with Crippen LogP contribution in [0.4, 0.5) is 5.13 Å². The van der Waals surface area contributed by atoms with E-state index in [0.29, 0.717) is 12.0 Å². The van der Waals surface area contributed by atoms with Crippen LogP contribution in [0.3, 0.4) is 0 Å². The van der Waals surface area contributed by atoms with E-state index in [1.165, 1.54) is 10.6 Å². The van der Waals surface area contributed by atoms with Gasteiger partial charge in [0.1, 0.15) is 0 Å². The van der Waals surface area contributed by atoms with Gasteiger partial charge in [-0.1, -0.05) is 20.8 Å². The number of nitrogens with one attached hydrogen (secondary N) is 1. The molecular weight excluding hydrogens is 258 g/mol. The number of morpholine rings is 1. The van der Waals surface area contributed by atoms with E-state index in [9.17, 15) is 0 Å². The van der Waals surface area contributed by atoms with Gasteiger partial charge in [-0.05, 0) is 19.4 Å². The maximum Gasteiger partial charge on any atom is 0.186 e. The zero-order chi connectivity index (χ0) is 13.8. The van der Waals surface area contributed by atoms with E-state index in [-0.39, 0.29) is 0 Å². The molecule has 2 heterocycles. The normalized spacial score (nSPS) is 20.3. The van der Waals surface area contributed by atoms with Crippen LogP contribution in [0, 0.1) is 0 Å². The number of hydrogen-bond acceptors (Lipinski definition) is 5. The van der Waals surface area contributed by atoms with Crippen molar-refractivity contribution in [2.45, 2.75) is 46.2 Å². The first-order chi connectivity index (χ1) is 9.13. The second kappa shape index (κ2) is 6.68. The molecule has 0 bridgehead atoms. The van der Waals surface area contributed by atoms with Crippen LogP contribution in [0.2, 0.25) is 0 Å². The fourth-order valence-electron chi connectivity index (χ4n) is 2.30. The van der Waals surface area contributed by atoms with E-state index in [4.69, 9.17) is 9.72 Å². The summed E-state index contributed by atoms with van der Waals surface area (Å²) >= 11 is 1.83. The Labute approximate surface area is 120 Å². The summed E-state index contributed by atoms with van der Waals surface area (Å²) in [7, 11) is 0. The van der Waals surface area contributed by atoms with Crippen molar-refractivity contribution in [1.29, 1.82) is 0 Å². The molecule has 1 aliphatic heterocycles. The SMILES string of the molecule is CCNCc1sc(N2CCOCC2C)nc1C(C)C. The molecule has 0 radical (unpaired) electrons. The maximum atomic E-state index is 5.51. The summed E-state index contributed by atoms with van der Waals surface area (Å²) in [5, 5.41) is 4.57. The molecule has 1 fully saturated rings. The maximum absolute atomic E-state index is 5.51. The van der Waals surface area contributed by atoms with Crippen LogP contribution in [-0.4, -0.2) is 37.3 Å². The van der Waals surface area contributed by atoms with Gasteiger partial charge in [0.25, 0.3) is 0 Å². The third-order valence-electron chi connectivity index (χ3n) is 3.41. The summed E-state index contributed by atoms with van der Waals surface area (Å²) in [6.07, 6.45) is 0. The largest absolute Gasteiger partial charge is 0.377 e. The Bertz CT molecular complexity index is 405. The Morgan fingerprint density at radius 1 is 1.53 bits per heavy atom. The molecule has 1 unspecified atom stereocenters. The van der Waals surface area contributed by atoms with E-state index in [1.54, 1.807) is 0 Å². The Morgan fingerprint density at radius 2 is 2.32 bits per heavy atom. The highest BCUT2D eigenvalue weighted by molar-refractivity contribution is 7.15. The summed E-state index contributed by atoms with van der Waals surface area (Å²) < 4.78 is 5.51. The lowest BCUT2D eigenvalue weighted by Crippen LogP contribution is -2.43. The smallest absolute Gasteiger partial charge is 0.186 e. The number of aromatic nitrogens is 1. The van der Waals surface area contributed by atoms with Crippen molar-refractivity contribution < 1.29 is 4.74 Å². The van der Waals surface area contributed by atoms with Gasteiger partial charge in [-0.25, -0.2) is 4.98 Å². The lowest BCUT2D eigenvalue weighted by molar-refractivity contribution is 0.0989. The predicted molar refractivity (Wildman–Crippen MR) is 81.2 cm³/mol. The summed E-state index contributed by atoms with van der Waals surface area (Å²) in [5.74, 6) is 0.481. The third kappa shape index (κ3) is 3.46. The van der Waals surface area contributed by atoms with Gasteiger partial charge >= 0.3 is 0 Å². The first-order valence-electron chi connectivity index (χ1n) is 7.18. The molecule has 0 amide bonds. The van der Waals surface area contributed by atoms with Gasteiger partial charge in [0.15, 0.2) is 5.13 Å². The Hall–Kier alpha value is -0.650. The predicted octanol–water partition coefficient (Wildman–Crippen LogP) is 2.60. The first-order valence-corrected chi connectivity index (χ1v) is 7.99. The van der Waals surface area contributed by atoms with Gasteiger partial charge in [0, 0.05) is 18.0 Å². The van der Waals surface area contributed by atoms with Gasteiger partial charge < -0.3 is 15.0 Å². The van der Waals surface area contributed by atoms with Gasteiger partial charge in [-0.3, -0.25) is 0 Å². The van der Waals surface area contributed by atoms with E-state index in [2.05, 4.69) is 37.9 Å². The summed E-state index contributed by atoms with van der Waals surface area (Å²) in [4.78, 5) is 8.65. The lowest BCUT2D eigenvalue weighted by atomic mass is 10.1. The minimum atomic E-state index is 0.423. The molecule has 1 aliphatic rings. The van der Waals surface area contributed by atoms with Crippen molar-refractivity contribution in [3.05, 3.63) is 10.6 Å². The number of thiazole rings is 1. The molecule has 4 nitrogen and oxygen atoms in total. The van der Waals surface area contributed by atoms with E-state index < -0.39 is 0 Å². The number of ether oxygens (including phenoxy) is 1. The quantitative estimate of drug-likeness (QED) is 0.901. The summed E-state index contributed by atoms with van der Waals surface area (Å²) in [5.41, 5.74) is 1.25. The van der Waals surface area contributed by atoms with Gasteiger partial charge in [-0.15, -0.1) is 11.3 Å². The summed E-state index contributed by atoms with van der Waals surface area (Å²) in [6, 6.07) is 0.423. The Morgan fingerprint density at radius 3 is 2.95 bits per heavy atom. The minimum Gasteiger partial charge on any atom is -0.377 e. The molecule has 1 N–H and O–H groups in total. The summed E-state index contributed by atoms with van der Waals surface area (Å²) in [6.45, 7) is 13.3. The molecule has 0 spiro atoms. The van der Waals surface area contributed by atoms with E-state index >= 15 is 0 Å². The monoisotopic (exact) mass is 283 g/mol. The van der Waals surface area contributed by atoms with Gasteiger partial charge in [0.05, 0.1) is 24.9 Å². The Balaban J connectivity index is 2.20. The highest BCUT2D eigenvalue weighted by atomic mass is 32.1. The van der Waals surface area contributed by atoms with Crippen molar-refractivity contribution in [2.24, 2.45) is 0 Å².